The van der Waals surface area contributed by atoms with Gasteiger partial charge in [0.05, 0.1) is 6.10 Å². The molecule has 2 heteroatoms. The van der Waals surface area contributed by atoms with E-state index in [1.165, 1.54) is 0 Å². The van der Waals surface area contributed by atoms with Crippen molar-refractivity contribution in [3.63, 3.8) is 0 Å². The Bertz CT molecular complexity index is 310. The lowest BCUT2D eigenvalue weighted by Gasteiger charge is -2.32. The highest BCUT2D eigenvalue weighted by Crippen LogP contribution is 2.22. The molecule has 0 bridgehead atoms. The summed E-state index contributed by atoms with van der Waals surface area (Å²) in [7, 11) is 2.10. The first-order chi connectivity index (χ1) is 8.06. The van der Waals surface area contributed by atoms with E-state index >= 15 is 0 Å². The topological polar surface area (TPSA) is 23.5 Å². The van der Waals surface area contributed by atoms with Crippen LogP contribution in [0.2, 0.25) is 0 Å². The molecule has 1 aromatic carbocycles. The fraction of sp³-hybridized carbons (Fsp3) is 0.600. The Morgan fingerprint density at radius 1 is 1.18 bits per heavy atom. The first kappa shape index (κ1) is 14.2. The Morgan fingerprint density at radius 3 is 2.24 bits per heavy atom. The number of hydrogen-bond donors (Lipinski definition) is 1. The molecule has 0 aliphatic heterocycles. The third-order valence-electron chi connectivity index (χ3n) is 3.14. The molecule has 2 atom stereocenters. The Balaban J connectivity index is 2.73. The van der Waals surface area contributed by atoms with Gasteiger partial charge in [-0.2, -0.15) is 0 Å². The predicted molar refractivity (Wildman–Crippen MR) is 72.9 cm³/mol. The molecule has 0 spiro atoms. The van der Waals surface area contributed by atoms with Crippen molar-refractivity contribution in [3.05, 3.63) is 35.9 Å². The number of rotatable bonds is 6. The molecular formula is C15H25NO. The fourth-order valence-electron chi connectivity index (χ4n) is 2.36. The second-order valence-corrected chi connectivity index (χ2v) is 5.16. The molecule has 2 unspecified atom stereocenters. The molecule has 96 valence electrons. The van der Waals surface area contributed by atoms with Crippen molar-refractivity contribution in [2.24, 2.45) is 5.92 Å². The van der Waals surface area contributed by atoms with Gasteiger partial charge in [-0.15, -0.1) is 0 Å². The lowest BCUT2D eigenvalue weighted by Crippen LogP contribution is -2.38. The van der Waals surface area contributed by atoms with Gasteiger partial charge in [-0.1, -0.05) is 51.1 Å². The van der Waals surface area contributed by atoms with Crippen molar-refractivity contribution >= 4 is 0 Å². The van der Waals surface area contributed by atoms with Crippen LogP contribution < -0.4 is 0 Å². The van der Waals surface area contributed by atoms with Crippen molar-refractivity contribution in [2.75, 3.05) is 13.6 Å². The van der Waals surface area contributed by atoms with E-state index in [2.05, 4.69) is 32.7 Å². The smallest absolute Gasteiger partial charge is 0.0944 e. The minimum atomic E-state index is -0.398. The Morgan fingerprint density at radius 2 is 1.76 bits per heavy atom. The van der Waals surface area contributed by atoms with Crippen LogP contribution in [0.15, 0.2) is 30.3 Å². The third-order valence-corrected chi connectivity index (χ3v) is 3.14. The molecule has 0 saturated heterocycles. The standard InChI is InChI=1S/C15H25NO/c1-5-14(16(4)11-12(2)3)15(17)13-9-7-6-8-10-13/h6-10,12,14-15,17H,5,11H2,1-4H3. The average molecular weight is 235 g/mol. The molecule has 0 aliphatic carbocycles. The SMILES string of the molecule is CCC(C(O)c1ccccc1)N(C)CC(C)C. The number of aliphatic hydroxyl groups is 1. The quantitative estimate of drug-likeness (QED) is 0.819. The van der Waals surface area contributed by atoms with Crippen LogP contribution in [0.5, 0.6) is 0 Å². The number of hydrogen-bond acceptors (Lipinski definition) is 2. The second-order valence-electron chi connectivity index (χ2n) is 5.16. The van der Waals surface area contributed by atoms with Crippen molar-refractivity contribution in [3.8, 4) is 0 Å². The summed E-state index contributed by atoms with van der Waals surface area (Å²) in [5.74, 6) is 0.622. The lowest BCUT2D eigenvalue weighted by atomic mass is 9.98. The summed E-state index contributed by atoms with van der Waals surface area (Å²) >= 11 is 0. The zero-order valence-corrected chi connectivity index (χ0v) is 11.4. The predicted octanol–water partition coefficient (Wildman–Crippen LogP) is 3.09. The van der Waals surface area contributed by atoms with Gasteiger partial charge in [0.2, 0.25) is 0 Å². The summed E-state index contributed by atoms with van der Waals surface area (Å²) in [5, 5.41) is 10.4. The number of likely N-dealkylation sites (N-methyl/N-ethyl adjacent to an activating group) is 1. The van der Waals surface area contributed by atoms with E-state index in [0.29, 0.717) is 5.92 Å². The van der Waals surface area contributed by atoms with Crippen LogP contribution >= 0.6 is 0 Å². The Kier molecular flexibility index (Phi) is 5.66. The van der Waals surface area contributed by atoms with Gasteiger partial charge in [-0.3, -0.25) is 0 Å². The molecule has 2 nitrogen and oxygen atoms in total. The molecule has 1 aromatic rings. The van der Waals surface area contributed by atoms with Crippen molar-refractivity contribution in [1.82, 2.24) is 4.90 Å². The minimum absolute atomic E-state index is 0.194. The van der Waals surface area contributed by atoms with Gasteiger partial charge in [0.1, 0.15) is 0 Å². The van der Waals surface area contributed by atoms with Gasteiger partial charge in [-0.05, 0) is 24.9 Å². The van der Waals surface area contributed by atoms with Crippen molar-refractivity contribution < 1.29 is 5.11 Å². The lowest BCUT2D eigenvalue weighted by molar-refractivity contribution is 0.0545. The monoisotopic (exact) mass is 235 g/mol. The molecule has 0 saturated carbocycles. The molecule has 0 heterocycles. The molecule has 0 fully saturated rings. The fourth-order valence-corrected chi connectivity index (χ4v) is 2.36. The van der Waals surface area contributed by atoms with Crippen LogP contribution in [0.25, 0.3) is 0 Å². The van der Waals surface area contributed by atoms with Gasteiger partial charge >= 0.3 is 0 Å². The van der Waals surface area contributed by atoms with Crippen LogP contribution in [-0.2, 0) is 0 Å². The van der Waals surface area contributed by atoms with Gasteiger partial charge in [0.15, 0.2) is 0 Å². The van der Waals surface area contributed by atoms with Gasteiger partial charge in [0.25, 0.3) is 0 Å². The highest BCUT2D eigenvalue weighted by molar-refractivity contribution is 5.18. The van der Waals surface area contributed by atoms with Crippen molar-refractivity contribution in [2.45, 2.75) is 39.3 Å². The van der Waals surface area contributed by atoms with E-state index in [1.807, 2.05) is 30.3 Å². The van der Waals surface area contributed by atoms with Gasteiger partial charge in [-0.25, -0.2) is 0 Å². The summed E-state index contributed by atoms with van der Waals surface area (Å²) in [4.78, 5) is 2.27. The summed E-state index contributed by atoms with van der Waals surface area (Å²) in [6, 6.07) is 10.1. The first-order valence-corrected chi connectivity index (χ1v) is 6.49. The number of benzene rings is 1. The first-order valence-electron chi connectivity index (χ1n) is 6.49. The third kappa shape index (κ3) is 4.14. The maximum absolute atomic E-state index is 10.4. The zero-order valence-electron chi connectivity index (χ0n) is 11.4. The molecule has 0 aromatic heterocycles. The Labute approximate surface area is 105 Å². The van der Waals surface area contributed by atoms with E-state index < -0.39 is 6.10 Å². The summed E-state index contributed by atoms with van der Waals surface area (Å²) in [6.45, 7) is 7.56. The highest BCUT2D eigenvalue weighted by atomic mass is 16.3. The molecule has 0 amide bonds. The van der Waals surface area contributed by atoms with Crippen LogP contribution in [-0.4, -0.2) is 29.6 Å². The summed E-state index contributed by atoms with van der Waals surface area (Å²) in [5.41, 5.74) is 1.01. The largest absolute Gasteiger partial charge is 0.387 e. The second kappa shape index (κ2) is 6.77. The van der Waals surface area contributed by atoms with E-state index in [1.54, 1.807) is 0 Å². The van der Waals surface area contributed by atoms with Crippen LogP contribution in [0.1, 0.15) is 38.9 Å². The molecular weight excluding hydrogens is 210 g/mol. The van der Waals surface area contributed by atoms with Crippen LogP contribution in [0.4, 0.5) is 0 Å². The highest BCUT2D eigenvalue weighted by Gasteiger charge is 2.23. The summed E-state index contributed by atoms with van der Waals surface area (Å²) in [6.07, 6.45) is 0.559. The normalized spacial score (nSPS) is 15.2. The van der Waals surface area contributed by atoms with E-state index in [-0.39, 0.29) is 6.04 Å². The van der Waals surface area contributed by atoms with Crippen LogP contribution in [0.3, 0.4) is 0 Å². The zero-order chi connectivity index (χ0) is 12.8. The molecule has 0 radical (unpaired) electrons. The maximum Gasteiger partial charge on any atom is 0.0944 e. The van der Waals surface area contributed by atoms with Crippen LogP contribution in [0, 0.1) is 5.92 Å². The minimum Gasteiger partial charge on any atom is -0.387 e. The van der Waals surface area contributed by atoms with Crippen molar-refractivity contribution in [1.29, 1.82) is 0 Å². The van der Waals surface area contributed by atoms with E-state index in [0.717, 1.165) is 18.5 Å². The van der Waals surface area contributed by atoms with E-state index in [9.17, 15) is 5.11 Å². The molecule has 1 rings (SSSR count). The maximum atomic E-state index is 10.4. The average Bonchev–Trinajstić information content (AvgIpc) is 2.30. The summed E-state index contributed by atoms with van der Waals surface area (Å²) < 4.78 is 0. The molecule has 0 aliphatic rings. The van der Waals surface area contributed by atoms with Gasteiger partial charge < -0.3 is 10.0 Å². The molecule has 1 N–H and O–H groups in total. The number of aliphatic hydroxyl groups excluding tert-OH is 1. The number of nitrogens with zero attached hydrogens (tertiary/aromatic N) is 1. The van der Waals surface area contributed by atoms with E-state index in [4.69, 9.17) is 0 Å². The van der Waals surface area contributed by atoms with Gasteiger partial charge in [0, 0.05) is 12.6 Å². The Hall–Kier alpha value is -0.860. The molecule has 17 heavy (non-hydrogen) atoms.